The molecule has 0 spiro atoms. The first-order valence-corrected chi connectivity index (χ1v) is 9.27. The quantitative estimate of drug-likeness (QED) is 0.854. The second-order valence-electron chi connectivity index (χ2n) is 5.40. The summed E-state index contributed by atoms with van der Waals surface area (Å²) < 4.78 is 40.4. The predicted octanol–water partition coefficient (Wildman–Crippen LogP) is 2.81. The number of pyridine rings is 1. The standard InChI is InChI=1S/C17H20FN3O3S/c1-4-21(5-2)25(23,24)13-6-7-15(18)14(11-13)17(22)20-16-10-12(3)8-9-19-16/h6-11H,4-5H2,1-3H3,(H,19,20,22). The highest BCUT2D eigenvalue weighted by molar-refractivity contribution is 7.89. The summed E-state index contributed by atoms with van der Waals surface area (Å²) in [4.78, 5) is 16.2. The van der Waals surface area contributed by atoms with E-state index < -0.39 is 21.7 Å². The lowest BCUT2D eigenvalue weighted by molar-refractivity contribution is 0.102. The van der Waals surface area contributed by atoms with Crippen molar-refractivity contribution >= 4 is 21.7 Å². The molecule has 0 unspecified atom stereocenters. The topological polar surface area (TPSA) is 79.4 Å². The van der Waals surface area contributed by atoms with Gasteiger partial charge in [-0.05, 0) is 42.8 Å². The molecule has 0 atom stereocenters. The lowest BCUT2D eigenvalue weighted by atomic mass is 10.2. The number of halogens is 1. The van der Waals surface area contributed by atoms with Crippen molar-refractivity contribution in [2.45, 2.75) is 25.7 Å². The maximum absolute atomic E-state index is 14.1. The fraction of sp³-hybridized carbons (Fsp3) is 0.294. The average molecular weight is 365 g/mol. The molecule has 2 aromatic rings. The molecule has 2 rings (SSSR count). The number of nitrogens with zero attached hydrogens (tertiary/aromatic N) is 2. The zero-order chi connectivity index (χ0) is 18.6. The van der Waals surface area contributed by atoms with Crippen LogP contribution in [0.5, 0.6) is 0 Å². The summed E-state index contributed by atoms with van der Waals surface area (Å²) >= 11 is 0. The lowest BCUT2D eigenvalue weighted by Gasteiger charge is -2.18. The number of rotatable bonds is 6. The van der Waals surface area contributed by atoms with Gasteiger partial charge in [0.25, 0.3) is 5.91 Å². The monoisotopic (exact) mass is 365 g/mol. The smallest absolute Gasteiger partial charge is 0.259 e. The van der Waals surface area contributed by atoms with Crippen LogP contribution in [0, 0.1) is 12.7 Å². The number of aromatic nitrogens is 1. The summed E-state index contributed by atoms with van der Waals surface area (Å²) in [6.45, 7) is 5.81. The Morgan fingerprint density at radius 3 is 2.48 bits per heavy atom. The number of sulfonamides is 1. The fourth-order valence-electron chi connectivity index (χ4n) is 2.34. The van der Waals surface area contributed by atoms with E-state index in [9.17, 15) is 17.6 Å². The van der Waals surface area contributed by atoms with Crippen molar-refractivity contribution in [1.29, 1.82) is 0 Å². The van der Waals surface area contributed by atoms with Gasteiger partial charge in [0.05, 0.1) is 10.5 Å². The third kappa shape index (κ3) is 4.21. The number of amides is 1. The summed E-state index contributed by atoms with van der Waals surface area (Å²) in [5, 5.41) is 2.48. The van der Waals surface area contributed by atoms with Crippen molar-refractivity contribution in [2.24, 2.45) is 0 Å². The van der Waals surface area contributed by atoms with Crippen LogP contribution >= 0.6 is 0 Å². The van der Waals surface area contributed by atoms with E-state index in [2.05, 4.69) is 10.3 Å². The molecule has 1 aromatic carbocycles. The first kappa shape index (κ1) is 19.0. The van der Waals surface area contributed by atoms with Crippen molar-refractivity contribution in [1.82, 2.24) is 9.29 Å². The molecule has 6 nitrogen and oxygen atoms in total. The second-order valence-corrected chi connectivity index (χ2v) is 7.34. The number of carbonyl (C=O) groups is 1. The van der Waals surface area contributed by atoms with Crippen molar-refractivity contribution in [2.75, 3.05) is 18.4 Å². The molecule has 0 bridgehead atoms. The fourth-order valence-corrected chi connectivity index (χ4v) is 3.82. The van der Waals surface area contributed by atoms with Gasteiger partial charge >= 0.3 is 0 Å². The Balaban J connectivity index is 2.37. The molecule has 134 valence electrons. The SMILES string of the molecule is CCN(CC)S(=O)(=O)c1ccc(F)c(C(=O)Nc2cc(C)ccn2)c1. The molecule has 0 aliphatic rings. The number of anilines is 1. The van der Waals surface area contributed by atoms with Crippen molar-refractivity contribution < 1.29 is 17.6 Å². The molecule has 1 amide bonds. The highest BCUT2D eigenvalue weighted by atomic mass is 32.2. The molecule has 0 radical (unpaired) electrons. The van der Waals surface area contributed by atoms with E-state index in [4.69, 9.17) is 0 Å². The molecule has 8 heteroatoms. The Hall–Kier alpha value is -2.32. The summed E-state index contributed by atoms with van der Waals surface area (Å²) in [7, 11) is -3.78. The minimum Gasteiger partial charge on any atom is -0.306 e. The first-order valence-electron chi connectivity index (χ1n) is 7.83. The van der Waals surface area contributed by atoms with Crippen molar-refractivity contribution in [3.63, 3.8) is 0 Å². The van der Waals surface area contributed by atoms with Crippen LogP contribution in [-0.2, 0) is 10.0 Å². The Kier molecular flexibility index (Phi) is 5.86. The Morgan fingerprint density at radius 2 is 1.88 bits per heavy atom. The minimum absolute atomic E-state index is 0.125. The van der Waals surface area contributed by atoms with Crippen LogP contribution in [0.25, 0.3) is 0 Å². The maximum atomic E-state index is 14.1. The number of benzene rings is 1. The van der Waals surface area contributed by atoms with Gasteiger partial charge in [-0.3, -0.25) is 4.79 Å². The highest BCUT2D eigenvalue weighted by Crippen LogP contribution is 2.20. The summed E-state index contributed by atoms with van der Waals surface area (Å²) in [5.74, 6) is -1.29. The van der Waals surface area contributed by atoms with Crippen LogP contribution in [0.2, 0.25) is 0 Å². The summed E-state index contributed by atoms with van der Waals surface area (Å²) in [6, 6.07) is 6.58. The molecule has 25 heavy (non-hydrogen) atoms. The van der Waals surface area contributed by atoms with Gasteiger partial charge in [0.15, 0.2) is 0 Å². The molecular formula is C17H20FN3O3S. The maximum Gasteiger partial charge on any atom is 0.259 e. The van der Waals surface area contributed by atoms with Crippen LogP contribution in [-0.4, -0.2) is 36.7 Å². The summed E-state index contributed by atoms with van der Waals surface area (Å²) in [6.07, 6.45) is 1.52. The molecule has 1 heterocycles. The Labute approximate surface area is 146 Å². The molecule has 0 fully saturated rings. The second kappa shape index (κ2) is 7.71. The van der Waals surface area contributed by atoms with Gasteiger partial charge in [0.2, 0.25) is 10.0 Å². The molecule has 0 saturated carbocycles. The van der Waals surface area contributed by atoms with E-state index >= 15 is 0 Å². The predicted molar refractivity (Wildman–Crippen MR) is 93.4 cm³/mol. The largest absolute Gasteiger partial charge is 0.306 e. The van der Waals surface area contributed by atoms with Crippen LogP contribution in [0.1, 0.15) is 29.8 Å². The molecule has 1 aromatic heterocycles. The number of hydrogen-bond donors (Lipinski definition) is 1. The number of carbonyl (C=O) groups excluding carboxylic acids is 1. The van der Waals surface area contributed by atoms with E-state index in [-0.39, 0.29) is 29.4 Å². The van der Waals surface area contributed by atoms with Crippen LogP contribution in [0.4, 0.5) is 10.2 Å². The van der Waals surface area contributed by atoms with Gasteiger partial charge in [-0.15, -0.1) is 0 Å². The van der Waals surface area contributed by atoms with Crippen molar-refractivity contribution in [3.8, 4) is 0 Å². The van der Waals surface area contributed by atoms with Gasteiger partial charge in [-0.25, -0.2) is 17.8 Å². The van der Waals surface area contributed by atoms with Gasteiger partial charge in [-0.1, -0.05) is 13.8 Å². The Morgan fingerprint density at radius 1 is 1.20 bits per heavy atom. The highest BCUT2D eigenvalue weighted by Gasteiger charge is 2.24. The first-order chi connectivity index (χ1) is 11.8. The lowest BCUT2D eigenvalue weighted by Crippen LogP contribution is -2.31. The molecule has 1 N–H and O–H groups in total. The molecular weight excluding hydrogens is 345 g/mol. The van der Waals surface area contributed by atoms with Crippen LogP contribution in [0.15, 0.2) is 41.4 Å². The van der Waals surface area contributed by atoms with Gasteiger partial charge in [0.1, 0.15) is 11.6 Å². The molecule has 0 aliphatic heterocycles. The summed E-state index contributed by atoms with van der Waals surface area (Å²) in [5.41, 5.74) is 0.528. The van der Waals surface area contributed by atoms with E-state index in [1.807, 2.05) is 6.92 Å². The normalized spacial score (nSPS) is 11.6. The van der Waals surface area contributed by atoms with Crippen LogP contribution < -0.4 is 5.32 Å². The van der Waals surface area contributed by atoms with Gasteiger partial charge in [-0.2, -0.15) is 4.31 Å². The Bertz CT molecular complexity index is 880. The van der Waals surface area contributed by atoms with Gasteiger partial charge < -0.3 is 5.32 Å². The molecule has 0 saturated heterocycles. The number of nitrogens with one attached hydrogen (secondary N) is 1. The minimum atomic E-state index is -3.78. The molecule has 0 aliphatic carbocycles. The number of aryl methyl sites for hydroxylation is 1. The van der Waals surface area contributed by atoms with E-state index in [1.165, 1.54) is 10.5 Å². The third-order valence-corrected chi connectivity index (χ3v) is 5.73. The van der Waals surface area contributed by atoms with Gasteiger partial charge in [0, 0.05) is 19.3 Å². The number of hydrogen-bond acceptors (Lipinski definition) is 4. The van der Waals surface area contributed by atoms with Crippen LogP contribution in [0.3, 0.4) is 0 Å². The van der Waals surface area contributed by atoms with E-state index in [0.717, 1.165) is 23.8 Å². The zero-order valence-corrected chi connectivity index (χ0v) is 15.1. The van der Waals surface area contributed by atoms with Crippen molar-refractivity contribution in [3.05, 3.63) is 53.5 Å². The zero-order valence-electron chi connectivity index (χ0n) is 14.3. The third-order valence-electron chi connectivity index (χ3n) is 3.68. The average Bonchev–Trinajstić information content (AvgIpc) is 2.55. The van der Waals surface area contributed by atoms with E-state index in [1.54, 1.807) is 26.0 Å². The van der Waals surface area contributed by atoms with E-state index in [0.29, 0.717) is 0 Å².